The summed E-state index contributed by atoms with van der Waals surface area (Å²) < 4.78 is 97.7. The van der Waals surface area contributed by atoms with Gasteiger partial charge in [0.25, 0.3) is 11.8 Å². The van der Waals surface area contributed by atoms with E-state index < -0.39 is 11.8 Å². The first-order chi connectivity index (χ1) is 59.1. The zero-order valence-electron chi connectivity index (χ0n) is 68.2. The second-order valence-corrected chi connectivity index (χ2v) is 32.0. The highest BCUT2D eigenvalue weighted by atomic mass is 35.5. The number of anilines is 4. The van der Waals surface area contributed by atoms with Crippen LogP contribution in [0.15, 0.2) is 135 Å². The number of ether oxygens (including phenoxy) is 6. The van der Waals surface area contributed by atoms with Crippen LogP contribution in [0.5, 0.6) is 46.0 Å². The highest BCUT2D eigenvalue weighted by Crippen LogP contribution is 2.40. The van der Waals surface area contributed by atoms with Crippen molar-refractivity contribution < 1.29 is 65.2 Å². The van der Waals surface area contributed by atoms with Crippen LogP contribution in [0.4, 0.5) is 41.0 Å². The van der Waals surface area contributed by atoms with Gasteiger partial charge in [0.2, 0.25) is 11.2 Å². The van der Waals surface area contributed by atoms with E-state index in [1.807, 2.05) is 49.9 Å². The predicted molar refractivity (Wildman–Crippen MR) is 449 cm³/mol. The molecule has 6 aliphatic rings. The molecule has 640 valence electrons. The number of nitrogens with one attached hydrogen (secondary N) is 2. The zero-order valence-corrected chi connectivity index (χ0v) is 69.8. The summed E-state index contributed by atoms with van der Waals surface area (Å²) in [6.45, 7) is 5.59. The number of fused-ring (bicyclic) bond motifs is 3. The lowest BCUT2D eigenvalue weighted by Crippen LogP contribution is -2.20. The number of ketones is 4. The second kappa shape index (κ2) is 37.0. The molecule has 2 atom stereocenters. The van der Waals surface area contributed by atoms with Crippen LogP contribution >= 0.6 is 23.8 Å². The number of pyridine rings is 8. The maximum absolute atomic E-state index is 14.3. The van der Waals surface area contributed by atoms with Crippen molar-refractivity contribution in [3.05, 3.63) is 184 Å². The number of carbonyl (C=O) groups excluding carboxylic acids is 4. The number of aryl methyl sites for hydroxylation is 4. The summed E-state index contributed by atoms with van der Waals surface area (Å²) in [6, 6.07) is 23.8. The molecule has 4 saturated carbocycles. The Bertz CT molecular complexity index is 6110. The standard InChI is InChI=1S/C26H27F2N7O3.C17H15ClN4O2.C17H16N4O2S.C17H19N3O2.C9H13F2N3O/c1-26(27,28)22-12-23(33-35(22)17-6-8-37-14-17)31-25-32-24-20(34(25)2)11-19(13-30-24)38-18-5-7-29-16(9-18)10-21(36)15-3-4-15;1-22-14-8-13(9-20-16(14)21-17(22)18)24-12-4-5-19-11(6-12)7-15(23)10-2-3-10;1-21-14-8-13(9-19-16(14)20-17(21)24)23-12-4-5-18-11(6-12)7-15(22)10-2-3-10;1-2-11-7-15(10-20-17(11)18)22-14-5-6-19-13(8-14)9-16(21)12-3-4-12;1-9(10,11)7-4-8(12)13-14(7)6-2-3-15-5-6/h5,7,9,11-13,15,17H,3-4,6,8,10,14H2,1-2H3,(H,30,31,32,33);4-6,8-10H,2-3,7H2,1H3;4-6,8-10H,2-3,7H2,1H3,(H,19,20,24);5-8,10,12H,2-4,9H2,1H3,(H2,18,20);4,6H,2-3,5H2,1H3,(H2,12,13)/t17-;;;;6-/m1...1/s1. The van der Waals surface area contributed by atoms with E-state index in [0.717, 1.165) is 111 Å². The molecule has 31 nitrogen and oxygen atoms in total. The van der Waals surface area contributed by atoms with E-state index in [2.05, 4.69) is 70.3 Å². The molecule has 37 heteroatoms. The first-order valence-corrected chi connectivity index (χ1v) is 41.2. The number of alkyl halides is 4. The third-order valence-corrected chi connectivity index (χ3v) is 22.0. The van der Waals surface area contributed by atoms with E-state index in [0.29, 0.717) is 155 Å². The largest absolute Gasteiger partial charge is 0.456 e. The number of rotatable bonds is 27. The number of aromatic amines is 1. The van der Waals surface area contributed by atoms with Crippen LogP contribution in [0.25, 0.3) is 33.5 Å². The highest BCUT2D eigenvalue weighted by Gasteiger charge is 2.37. The van der Waals surface area contributed by atoms with Crippen molar-refractivity contribution in [3.63, 3.8) is 0 Å². The fourth-order valence-electron chi connectivity index (χ4n) is 13.8. The van der Waals surface area contributed by atoms with Gasteiger partial charge in [-0.2, -0.15) is 37.7 Å². The van der Waals surface area contributed by atoms with Gasteiger partial charge in [-0.15, -0.1) is 0 Å². The van der Waals surface area contributed by atoms with Gasteiger partial charge in [-0.05, 0) is 130 Å². The number of halogens is 5. The topological polar surface area (TPSA) is 383 Å². The van der Waals surface area contributed by atoms with Crippen molar-refractivity contribution in [2.24, 2.45) is 44.8 Å². The van der Waals surface area contributed by atoms with E-state index in [-0.39, 0.29) is 81.9 Å². The van der Waals surface area contributed by atoms with Crippen LogP contribution in [0.3, 0.4) is 0 Å². The van der Waals surface area contributed by atoms with Gasteiger partial charge in [-0.1, -0.05) is 6.92 Å². The van der Waals surface area contributed by atoms with Crippen molar-refractivity contribution in [3.8, 4) is 46.0 Å². The zero-order chi connectivity index (χ0) is 86.4. The molecule has 13 aromatic rings. The van der Waals surface area contributed by atoms with Crippen LogP contribution in [0, 0.1) is 28.4 Å². The van der Waals surface area contributed by atoms with Gasteiger partial charge in [0.05, 0.1) is 89.4 Å². The summed E-state index contributed by atoms with van der Waals surface area (Å²) in [7, 11) is 5.48. The average molecular weight is 1720 g/mol. The Morgan fingerprint density at radius 3 is 1.33 bits per heavy atom. The normalized spacial score (nSPS) is 16.2. The lowest BCUT2D eigenvalue weighted by molar-refractivity contribution is -0.120. The number of carbonyl (C=O) groups is 4. The minimum Gasteiger partial charge on any atom is -0.456 e. The van der Waals surface area contributed by atoms with Crippen LogP contribution in [-0.4, -0.2) is 138 Å². The SMILES string of the molecule is CC(F)(F)c1cc(N)nn1[C@@H]1CCOC1.CCc1cc(Oc2ccnc(CC(=O)C3CC3)c2)cnc1N.Cn1c(=S)[nH]c2ncc(Oc3ccnc(CC(=O)C4CC4)c3)cc21.Cn1c(Cl)nc2ncc(Oc3ccnc(CC(=O)C4CC4)c3)cc21.Cn1c(Nc2cc(C(C)(F)F)n([C@@H]3CCOC3)n2)nc2ncc(Oc3ccnc(CC(=O)C4CC4)c3)cc21. The summed E-state index contributed by atoms with van der Waals surface area (Å²) in [5.41, 5.74) is 18.8. The Morgan fingerprint density at radius 2 is 0.902 bits per heavy atom. The van der Waals surface area contributed by atoms with Crippen LogP contribution in [-0.2, 0) is 93.7 Å². The summed E-state index contributed by atoms with van der Waals surface area (Å²) in [6.07, 6.45) is 24.5. The van der Waals surface area contributed by atoms with Gasteiger partial charge in [0.15, 0.2) is 27.5 Å². The molecule has 0 radical (unpaired) electrons. The van der Waals surface area contributed by atoms with Crippen molar-refractivity contribution in [1.82, 2.24) is 88.1 Å². The number of aromatic nitrogens is 18. The van der Waals surface area contributed by atoms with Crippen LogP contribution in [0.1, 0.15) is 137 Å². The Morgan fingerprint density at radius 1 is 0.504 bits per heavy atom. The molecule has 15 heterocycles. The van der Waals surface area contributed by atoms with E-state index in [9.17, 15) is 36.7 Å². The number of H-pyrrole nitrogens is 1. The lowest BCUT2D eigenvalue weighted by atomic mass is 10.1. The van der Waals surface area contributed by atoms with Crippen LogP contribution in [0.2, 0.25) is 5.28 Å². The molecule has 0 unspecified atom stereocenters. The Hall–Kier alpha value is -12.5. The van der Waals surface area contributed by atoms with Crippen molar-refractivity contribution in [2.45, 2.75) is 141 Å². The molecule has 123 heavy (non-hydrogen) atoms. The smallest absolute Gasteiger partial charge is 0.286 e. The number of Topliss-reactive ketones (excluding diaryl/α,β-unsaturated/α-hetero) is 4. The molecule has 0 aromatic carbocycles. The Kier molecular flexibility index (Phi) is 25.7. The molecule has 0 bridgehead atoms. The van der Waals surface area contributed by atoms with Gasteiger partial charge in [-0.25, -0.2) is 19.9 Å². The molecule has 0 amide bonds. The number of hydrogen-bond donors (Lipinski definition) is 4. The quantitative estimate of drug-likeness (QED) is 0.0274. The maximum atomic E-state index is 14.3. The first kappa shape index (κ1) is 85.4. The summed E-state index contributed by atoms with van der Waals surface area (Å²) in [4.78, 5) is 93.7. The van der Waals surface area contributed by atoms with Crippen molar-refractivity contribution in [1.29, 1.82) is 0 Å². The molecule has 4 aliphatic carbocycles. The van der Waals surface area contributed by atoms with Gasteiger partial charge < -0.3 is 63.9 Å². The number of nitrogen functional groups attached to an aromatic ring is 2. The molecule has 0 spiro atoms. The van der Waals surface area contributed by atoms with E-state index in [4.69, 9.17) is 63.7 Å². The maximum Gasteiger partial charge on any atom is 0.286 e. The molecule has 6 N–H and O–H groups in total. The fourth-order valence-corrected chi connectivity index (χ4v) is 14.2. The molecular weight excluding hydrogens is 1630 g/mol. The summed E-state index contributed by atoms with van der Waals surface area (Å²) >= 11 is 11.2. The number of imidazole rings is 3. The molecule has 13 aromatic heterocycles. The van der Waals surface area contributed by atoms with E-state index >= 15 is 0 Å². The van der Waals surface area contributed by atoms with E-state index in [1.165, 1.54) is 21.5 Å². The summed E-state index contributed by atoms with van der Waals surface area (Å²) in [5, 5.41) is 11.7. The molecule has 6 fully saturated rings. The average Bonchev–Trinajstić information content (AvgIpc) is 1.64. The van der Waals surface area contributed by atoms with Crippen molar-refractivity contribution in [2.75, 3.05) is 43.2 Å². The third kappa shape index (κ3) is 22.0. The van der Waals surface area contributed by atoms with Gasteiger partial charge in [0, 0.05) is 177 Å². The summed E-state index contributed by atoms with van der Waals surface area (Å²) in [5.74, 6) is 2.00. The van der Waals surface area contributed by atoms with E-state index in [1.54, 1.807) is 114 Å². The molecular formula is C86H90ClF4N21O10S. The Balaban J connectivity index is 0.000000123. The number of nitrogens with two attached hydrogens (primary N) is 2. The number of hydrogen-bond acceptors (Lipinski definition) is 26. The van der Waals surface area contributed by atoms with Gasteiger partial charge >= 0.3 is 0 Å². The minimum absolute atomic E-state index is 0.122. The fraction of sp³-hybridized carbons (Fsp3) is 0.384. The lowest BCUT2D eigenvalue weighted by Gasteiger charge is -2.16. The minimum atomic E-state index is -3.06. The predicted octanol–water partition coefficient (Wildman–Crippen LogP) is 15.8. The number of nitrogens with zero attached hydrogens (tertiary/aromatic N) is 17. The highest BCUT2D eigenvalue weighted by molar-refractivity contribution is 7.71. The molecule has 19 rings (SSSR count). The Labute approximate surface area is 712 Å². The second-order valence-electron chi connectivity index (χ2n) is 31.3. The third-order valence-electron chi connectivity index (χ3n) is 21.2. The first-order valence-electron chi connectivity index (χ1n) is 40.4. The van der Waals surface area contributed by atoms with Gasteiger partial charge in [0.1, 0.15) is 92.2 Å². The monoisotopic (exact) mass is 1720 g/mol. The van der Waals surface area contributed by atoms with Crippen molar-refractivity contribution >= 4 is 104 Å². The van der Waals surface area contributed by atoms with Gasteiger partial charge in [-0.3, -0.25) is 48.5 Å². The van der Waals surface area contributed by atoms with Crippen LogP contribution < -0.4 is 35.7 Å². The molecule has 2 saturated heterocycles. The molecule has 2 aliphatic heterocycles.